The fourth-order valence-electron chi connectivity index (χ4n) is 2.17. The fourth-order valence-corrected chi connectivity index (χ4v) is 2.17. The van der Waals surface area contributed by atoms with Crippen molar-refractivity contribution in [3.63, 3.8) is 0 Å². The van der Waals surface area contributed by atoms with Gasteiger partial charge in [-0.05, 0) is 37.4 Å². The summed E-state index contributed by atoms with van der Waals surface area (Å²) in [4.78, 5) is 15.3. The maximum atomic E-state index is 12.4. The Hall–Kier alpha value is -1.63. The molecule has 2 N–H and O–H groups in total. The molecular weight excluding hydrogens is 271 g/mol. The molecule has 1 amide bonds. The quantitative estimate of drug-likeness (QED) is 0.878. The van der Waals surface area contributed by atoms with Crippen LogP contribution in [0.25, 0.3) is 0 Å². The lowest BCUT2D eigenvalue weighted by molar-refractivity contribution is -0.141. The average molecular weight is 287 g/mol. The summed E-state index contributed by atoms with van der Waals surface area (Å²) in [7, 11) is 0. The van der Waals surface area contributed by atoms with E-state index in [1.807, 2.05) is 0 Å². The van der Waals surface area contributed by atoms with Gasteiger partial charge in [0.1, 0.15) is 5.69 Å². The minimum atomic E-state index is -4.47. The number of nitrogens with one attached hydrogen (secondary N) is 2. The van der Waals surface area contributed by atoms with E-state index in [0.29, 0.717) is 5.92 Å². The normalized spacial score (nSPS) is 23.4. The third-order valence-electron chi connectivity index (χ3n) is 3.30. The molecule has 2 atom stereocenters. The Morgan fingerprint density at radius 1 is 1.45 bits per heavy atom. The highest BCUT2D eigenvalue weighted by molar-refractivity contribution is 5.94. The van der Waals surface area contributed by atoms with Crippen molar-refractivity contribution in [2.75, 3.05) is 11.9 Å². The van der Waals surface area contributed by atoms with E-state index in [9.17, 15) is 18.0 Å². The SMILES string of the molecule is CC1CCNC(C(=O)Nc2ccc(C(F)(F)F)nc2)C1. The Morgan fingerprint density at radius 3 is 2.75 bits per heavy atom. The Kier molecular flexibility index (Phi) is 4.27. The predicted octanol–water partition coefficient (Wildman–Crippen LogP) is 2.43. The van der Waals surface area contributed by atoms with Crippen LogP contribution in [0.1, 0.15) is 25.5 Å². The summed E-state index contributed by atoms with van der Waals surface area (Å²) < 4.78 is 37.1. The van der Waals surface area contributed by atoms with Crippen LogP contribution in [0, 0.1) is 5.92 Å². The van der Waals surface area contributed by atoms with Gasteiger partial charge in [0.15, 0.2) is 0 Å². The standard InChI is InChI=1S/C13H16F3N3O/c1-8-4-5-17-10(6-8)12(20)19-9-2-3-11(18-7-9)13(14,15)16/h2-3,7-8,10,17H,4-6H2,1H3,(H,19,20). The zero-order valence-electron chi connectivity index (χ0n) is 11.0. The number of piperidine rings is 1. The van der Waals surface area contributed by atoms with E-state index in [1.54, 1.807) is 0 Å². The van der Waals surface area contributed by atoms with E-state index in [-0.39, 0.29) is 17.6 Å². The van der Waals surface area contributed by atoms with Crippen LogP contribution in [0.5, 0.6) is 0 Å². The van der Waals surface area contributed by atoms with Gasteiger partial charge in [-0.1, -0.05) is 6.92 Å². The molecule has 2 rings (SSSR count). The van der Waals surface area contributed by atoms with Crippen LogP contribution >= 0.6 is 0 Å². The predicted molar refractivity (Wildman–Crippen MR) is 68.1 cm³/mol. The second-order valence-electron chi connectivity index (χ2n) is 5.06. The Morgan fingerprint density at radius 2 is 2.20 bits per heavy atom. The number of nitrogens with zero attached hydrogens (tertiary/aromatic N) is 1. The lowest BCUT2D eigenvalue weighted by Gasteiger charge is -2.27. The smallest absolute Gasteiger partial charge is 0.323 e. The second-order valence-corrected chi connectivity index (χ2v) is 5.06. The first kappa shape index (κ1) is 14.8. The van der Waals surface area contributed by atoms with Gasteiger partial charge in [-0.15, -0.1) is 0 Å². The number of hydrogen-bond acceptors (Lipinski definition) is 3. The molecule has 1 aliphatic rings. The van der Waals surface area contributed by atoms with Gasteiger partial charge in [0, 0.05) is 0 Å². The van der Waals surface area contributed by atoms with Crippen molar-refractivity contribution in [3.05, 3.63) is 24.0 Å². The zero-order chi connectivity index (χ0) is 14.8. The van der Waals surface area contributed by atoms with E-state index in [2.05, 4.69) is 22.5 Å². The van der Waals surface area contributed by atoms with E-state index in [1.165, 1.54) is 6.07 Å². The Balaban J connectivity index is 1.97. The highest BCUT2D eigenvalue weighted by Gasteiger charge is 2.32. The van der Waals surface area contributed by atoms with Gasteiger partial charge >= 0.3 is 6.18 Å². The number of carbonyl (C=O) groups is 1. The first-order valence-corrected chi connectivity index (χ1v) is 6.44. The molecule has 1 fully saturated rings. The maximum absolute atomic E-state index is 12.4. The van der Waals surface area contributed by atoms with Gasteiger partial charge in [0.25, 0.3) is 0 Å². The van der Waals surface area contributed by atoms with Gasteiger partial charge in [-0.2, -0.15) is 13.2 Å². The average Bonchev–Trinajstić information content (AvgIpc) is 2.38. The molecule has 0 radical (unpaired) electrons. The van der Waals surface area contributed by atoms with E-state index in [0.717, 1.165) is 31.6 Å². The van der Waals surface area contributed by atoms with Crippen molar-refractivity contribution in [1.29, 1.82) is 0 Å². The fraction of sp³-hybridized carbons (Fsp3) is 0.538. The molecule has 2 heterocycles. The lowest BCUT2D eigenvalue weighted by Crippen LogP contribution is -2.45. The molecule has 4 nitrogen and oxygen atoms in total. The molecule has 110 valence electrons. The summed E-state index contributed by atoms with van der Waals surface area (Å²) in [5.74, 6) is 0.218. The van der Waals surface area contributed by atoms with Gasteiger partial charge in [0.2, 0.25) is 5.91 Å². The molecule has 0 saturated carbocycles. The third kappa shape index (κ3) is 3.69. The Labute approximate surface area is 114 Å². The van der Waals surface area contributed by atoms with Gasteiger partial charge in [-0.3, -0.25) is 4.79 Å². The van der Waals surface area contributed by atoms with Crippen molar-refractivity contribution in [2.24, 2.45) is 5.92 Å². The summed E-state index contributed by atoms with van der Waals surface area (Å²) in [6.45, 7) is 2.84. The maximum Gasteiger partial charge on any atom is 0.433 e. The summed E-state index contributed by atoms with van der Waals surface area (Å²) in [6, 6.07) is 1.76. The van der Waals surface area contributed by atoms with Crippen LogP contribution in [0.4, 0.5) is 18.9 Å². The molecule has 2 unspecified atom stereocenters. The Bertz CT molecular complexity index is 473. The van der Waals surface area contributed by atoms with Crippen LogP contribution in [-0.2, 0) is 11.0 Å². The largest absolute Gasteiger partial charge is 0.433 e. The number of carbonyl (C=O) groups excluding carboxylic acids is 1. The molecule has 0 bridgehead atoms. The van der Waals surface area contributed by atoms with Crippen LogP contribution < -0.4 is 10.6 Å². The molecule has 20 heavy (non-hydrogen) atoms. The van der Waals surface area contributed by atoms with Crippen molar-refractivity contribution in [3.8, 4) is 0 Å². The topological polar surface area (TPSA) is 54.0 Å². The number of amides is 1. The van der Waals surface area contributed by atoms with E-state index < -0.39 is 11.9 Å². The van der Waals surface area contributed by atoms with Crippen molar-refractivity contribution in [2.45, 2.75) is 32.0 Å². The number of rotatable bonds is 2. The minimum Gasteiger partial charge on any atom is -0.323 e. The minimum absolute atomic E-state index is 0.238. The summed E-state index contributed by atoms with van der Waals surface area (Å²) in [6.07, 6.45) is -1.71. The van der Waals surface area contributed by atoms with Crippen LogP contribution in [0.15, 0.2) is 18.3 Å². The molecule has 0 spiro atoms. The first-order valence-electron chi connectivity index (χ1n) is 6.44. The first-order chi connectivity index (χ1) is 9.36. The molecule has 1 aromatic rings. The molecule has 1 aliphatic heterocycles. The molecular formula is C13H16F3N3O. The van der Waals surface area contributed by atoms with Crippen molar-refractivity contribution >= 4 is 11.6 Å². The van der Waals surface area contributed by atoms with Gasteiger partial charge < -0.3 is 10.6 Å². The number of hydrogen-bond donors (Lipinski definition) is 2. The summed E-state index contributed by atoms with van der Waals surface area (Å²) in [5, 5.41) is 5.67. The molecule has 0 aliphatic carbocycles. The highest BCUT2D eigenvalue weighted by atomic mass is 19.4. The van der Waals surface area contributed by atoms with Crippen molar-refractivity contribution in [1.82, 2.24) is 10.3 Å². The van der Waals surface area contributed by atoms with Crippen LogP contribution in [-0.4, -0.2) is 23.5 Å². The molecule has 1 saturated heterocycles. The zero-order valence-corrected chi connectivity index (χ0v) is 11.0. The van der Waals surface area contributed by atoms with Crippen molar-refractivity contribution < 1.29 is 18.0 Å². The lowest BCUT2D eigenvalue weighted by atomic mass is 9.94. The number of anilines is 1. The van der Waals surface area contributed by atoms with Gasteiger partial charge in [-0.25, -0.2) is 4.98 Å². The van der Waals surface area contributed by atoms with Crippen LogP contribution in [0.2, 0.25) is 0 Å². The summed E-state index contributed by atoms with van der Waals surface area (Å²) in [5.41, 5.74) is -0.706. The molecule has 7 heteroatoms. The van der Waals surface area contributed by atoms with Crippen LogP contribution in [0.3, 0.4) is 0 Å². The number of pyridine rings is 1. The highest BCUT2D eigenvalue weighted by Crippen LogP contribution is 2.27. The molecule has 0 aromatic carbocycles. The van der Waals surface area contributed by atoms with E-state index in [4.69, 9.17) is 0 Å². The van der Waals surface area contributed by atoms with Gasteiger partial charge in [0.05, 0.1) is 17.9 Å². The monoisotopic (exact) mass is 287 g/mol. The van der Waals surface area contributed by atoms with E-state index >= 15 is 0 Å². The molecule has 1 aromatic heterocycles. The number of alkyl halides is 3. The summed E-state index contributed by atoms with van der Waals surface area (Å²) >= 11 is 0. The third-order valence-corrected chi connectivity index (χ3v) is 3.30. The second kappa shape index (κ2) is 5.78. The number of halogens is 3. The number of aromatic nitrogens is 1.